The normalized spacial score (nSPS) is 15.5. The van der Waals surface area contributed by atoms with Gasteiger partial charge in [0.05, 0.1) is 30.5 Å². The maximum Gasteiger partial charge on any atom is 0.0991 e. The number of pyridine rings is 1. The van der Waals surface area contributed by atoms with Gasteiger partial charge in [0.25, 0.3) is 0 Å². The van der Waals surface area contributed by atoms with Crippen molar-refractivity contribution < 1.29 is 4.74 Å². The maximum absolute atomic E-state index is 9.37. The number of ether oxygens (including phenoxy) is 1. The quantitative estimate of drug-likeness (QED) is 0.525. The van der Waals surface area contributed by atoms with Crippen molar-refractivity contribution in [2.45, 2.75) is 12.5 Å². The molecule has 2 heterocycles. The van der Waals surface area contributed by atoms with E-state index in [1.807, 2.05) is 36.4 Å². The smallest absolute Gasteiger partial charge is 0.0991 e. The van der Waals surface area contributed by atoms with E-state index >= 15 is 0 Å². The SMILES string of the molecule is N#Cc1cccc(C(Cc2cccnc2-c2cc(Cl)cc(Cl)c2)N2CCOCC2)c1. The second kappa shape index (κ2) is 9.59. The van der Waals surface area contributed by atoms with Gasteiger partial charge in [0.2, 0.25) is 0 Å². The van der Waals surface area contributed by atoms with E-state index in [-0.39, 0.29) is 6.04 Å². The molecule has 1 fully saturated rings. The van der Waals surface area contributed by atoms with Crippen LogP contribution in [0.3, 0.4) is 0 Å². The number of hydrogen-bond acceptors (Lipinski definition) is 4. The molecule has 1 aliphatic heterocycles. The molecule has 2 aromatic carbocycles. The number of hydrogen-bond donors (Lipinski definition) is 0. The summed E-state index contributed by atoms with van der Waals surface area (Å²) >= 11 is 12.5. The number of halogens is 2. The number of benzene rings is 2. The first-order valence-electron chi connectivity index (χ1n) is 9.86. The van der Waals surface area contributed by atoms with Crippen LogP contribution in [0.5, 0.6) is 0 Å². The Labute approximate surface area is 186 Å². The molecule has 0 spiro atoms. The summed E-state index contributed by atoms with van der Waals surface area (Å²) in [5.41, 5.74) is 4.66. The maximum atomic E-state index is 9.37. The van der Waals surface area contributed by atoms with Crippen molar-refractivity contribution >= 4 is 23.2 Å². The largest absolute Gasteiger partial charge is 0.379 e. The molecule has 0 N–H and O–H groups in total. The van der Waals surface area contributed by atoms with Crippen molar-refractivity contribution in [1.82, 2.24) is 9.88 Å². The molecule has 1 aliphatic rings. The Hall–Kier alpha value is -2.42. The number of nitriles is 1. The lowest BCUT2D eigenvalue weighted by molar-refractivity contribution is 0.0161. The highest BCUT2D eigenvalue weighted by Gasteiger charge is 2.24. The molecule has 0 saturated carbocycles. The molecule has 0 amide bonds. The number of morpholine rings is 1. The number of aromatic nitrogens is 1. The van der Waals surface area contributed by atoms with Crippen molar-refractivity contribution in [2.24, 2.45) is 0 Å². The summed E-state index contributed by atoms with van der Waals surface area (Å²) in [5.74, 6) is 0. The zero-order valence-corrected chi connectivity index (χ0v) is 17.9. The van der Waals surface area contributed by atoms with Crippen LogP contribution in [0.25, 0.3) is 11.3 Å². The first kappa shape index (κ1) is 20.8. The van der Waals surface area contributed by atoms with Crippen LogP contribution in [0.1, 0.15) is 22.7 Å². The highest BCUT2D eigenvalue weighted by atomic mass is 35.5. The van der Waals surface area contributed by atoms with Crippen LogP contribution in [0.2, 0.25) is 10.0 Å². The van der Waals surface area contributed by atoms with E-state index in [1.165, 1.54) is 0 Å². The molecule has 1 atom stereocenters. The van der Waals surface area contributed by atoms with Gasteiger partial charge in [-0.2, -0.15) is 5.26 Å². The average Bonchev–Trinajstić information content (AvgIpc) is 2.77. The molecule has 1 unspecified atom stereocenters. The highest BCUT2D eigenvalue weighted by Crippen LogP contribution is 2.33. The Kier molecular flexibility index (Phi) is 6.66. The van der Waals surface area contributed by atoms with Crippen molar-refractivity contribution in [3.05, 3.63) is 87.5 Å². The standard InChI is InChI=1S/C24H21Cl2N3O/c25-21-12-20(13-22(26)15-21)24-19(5-2-6-28-24)14-23(29-7-9-30-10-8-29)18-4-1-3-17(11-18)16-27/h1-6,11-13,15,23H,7-10,14H2. The van der Waals surface area contributed by atoms with E-state index in [0.29, 0.717) is 28.8 Å². The molecule has 0 aliphatic carbocycles. The summed E-state index contributed by atoms with van der Waals surface area (Å²) in [4.78, 5) is 7.06. The molecule has 4 rings (SSSR count). The predicted octanol–water partition coefficient (Wildman–Crippen LogP) is 5.54. The van der Waals surface area contributed by atoms with Crippen LogP contribution in [0.4, 0.5) is 0 Å². The minimum absolute atomic E-state index is 0.111. The molecule has 0 bridgehead atoms. The molecular formula is C24H21Cl2N3O. The number of rotatable bonds is 5. The van der Waals surface area contributed by atoms with E-state index in [9.17, 15) is 5.26 Å². The summed E-state index contributed by atoms with van der Waals surface area (Å²) in [5, 5.41) is 10.5. The summed E-state index contributed by atoms with van der Waals surface area (Å²) in [7, 11) is 0. The lowest BCUT2D eigenvalue weighted by Gasteiger charge is -2.35. The van der Waals surface area contributed by atoms with Crippen molar-refractivity contribution in [3.63, 3.8) is 0 Å². The molecule has 4 nitrogen and oxygen atoms in total. The van der Waals surface area contributed by atoms with Gasteiger partial charge in [-0.1, -0.05) is 41.4 Å². The van der Waals surface area contributed by atoms with Gasteiger partial charge in [-0.25, -0.2) is 0 Å². The highest BCUT2D eigenvalue weighted by molar-refractivity contribution is 6.35. The van der Waals surface area contributed by atoms with Crippen molar-refractivity contribution in [1.29, 1.82) is 5.26 Å². The molecule has 3 aromatic rings. The topological polar surface area (TPSA) is 49.2 Å². The number of nitrogens with zero attached hydrogens (tertiary/aromatic N) is 3. The Bertz CT molecular complexity index is 1050. The average molecular weight is 438 g/mol. The first-order chi connectivity index (χ1) is 14.6. The second-order valence-electron chi connectivity index (χ2n) is 7.27. The Balaban J connectivity index is 1.74. The van der Waals surface area contributed by atoms with Gasteiger partial charge < -0.3 is 4.74 Å². The molecular weight excluding hydrogens is 417 g/mol. The molecule has 1 saturated heterocycles. The van der Waals surface area contributed by atoms with Gasteiger partial charge in [0, 0.05) is 40.9 Å². The van der Waals surface area contributed by atoms with Crippen LogP contribution in [0, 0.1) is 11.3 Å². The Morgan fingerprint density at radius 3 is 2.53 bits per heavy atom. The molecule has 1 aromatic heterocycles. The van der Waals surface area contributed by atoms with E-state index < -0.39 is 0 Å². The summed E-state index contributed by atoms with van der Waals surface area (Å²) in [6.07, 6.45) is 2.54. The minimum Gasteiger partial charge on any atom is -0.379 e. The van der Waals surface area contributed by atoms with Gasteiger partial charge >= 0.3 is 0 Å². The van der Waals surface area contributed by atoms with Gasteiger partial charge in [0.15, 0.2) is 0 Å². The van der Waals surface area contributed by atoms with Gasteiger partial charge in [0.1, 0.15) is 0 Å². The van der Waals surface area contributed by atoms with E-state index in [1.54, 1.807) is 12.3 Å². The summed E-state index contributed by atoms with van der Waals surface area (Å²) in [6, 6.07) is 19.8. The summed E-state index contributed by atoms with van der Waals surface area (Å²) < 4.78 is 5.56. The third kappa shape index (κ3) is 4.83. The molecule has 30 heavy (non-hydrogen) atoms. The summed E-state index contributed by atoms with van der Waals surface area (Å²) in [6.45, 7) is 3.11. The van der Waals surface area contributed by atoms with Crippen molar-refractivity contribution in [3.8, 4) is 17.3 Å². The fourth-order valence-corrected chi connectivity index (χ4v) is 4.45. The fourth-order valence-electron chi connectivity index (χ4n) is 3.92. The Morgan fingerprint density at radius 1 is 1.03 bits per heavy atom. The van der Waals surface area contributed by atoms with Crippen LogP contribution < -0.4 is 0 Å². The van der Waals surface area contributed by atoms with Crippen LogP contribution in [-0.2, 0) is 11.2 Å². The third-order valence-electron chi connectivity index (χ3n) is 5.33. The first-order valence-corrected chi connectivity index (χ1v) is 10.6. The third-order valence-corrected chi connectivity index (χ3v) is 5.76. The predicted molar refractivity (Wildman–Crippen MR) is 120 cm³/mol. The van der Waals surface area contributed by atoms with E-state index in [0.717, 1.165) is 41.9 Å². The zero-order chi connectivity index (χ0) is 20.9. The van der Waals surface area contributed by atoms with E-state index in [4.69, 9.17) is 27.9 Å². The second-order valence-corrected chi connectivity index (χ2v) is 8.15. The van der Waals surface area contributed by atoms with Crippen LogP contribution >= 0.6 is 23.2 Å². The van der Waals surface area contributed by atoms with Crippen molar-refractivity contribution in [2.75, 3.05) is 26.3 Å². The zero-order valence-electron chi connectivity index (χ0n) is 16.4. The van der Waals surface area contributed by atoms with Gasteiger partial charge in [-0.3, -0.25) is 9.88 Å². The van der Waals surface area contributed by atoms with Gasteiger partial charge in [-0.05, 0) is 53.9 Å². The van der Waals surface area contributed by atoms with Crippen LogP contribution in [-0.4, -0.2) is 36.2 Å². The molecule has 152 valence electrons. The molecule has 6 heteroatoms. The fraction of sp³-hybridized carbons (Fsp3) is 0.250. The van der Waals surface area contributed by atoms with Gasteiger partial charge in [-0.15, -0.1) is 0 Å². The van der Waals surface area contributed by atoms with E-state index in [2.05, 4.69) is 28.1 Å². The lowest BCUT2D eigenvalue weighted by atomic mass is 9.93. The Morgan fingerprint density at radius 2 is 1.80 bits per heavy atom. The monoisotopic (exact) mass is 437 g/mol. The molecule has 0 radical (unpaired) electrons. The van der Waals surface area contributed by atoms with Crippen LogP contribution in [0.15, 0.2) is 60.8 Å². The minimum atomic E-state index is 0.111. The lowest BCUT2D eigenvalue weighted by Crippen LogP contribution is -2.40.